The molecule has 244 valence electrons. The molecule has 5 heterocycles. The molecule has 0 radical (unpaired) electrons. The lowest BCUT2D eigenvalue weighted by Crippen LogP contribution is -2.52. The zero-order valence-electron chi connectivity index (χ0n) is 26.7. The third kappa shape index (κ3) is 6.87. The lowest BCUT2D eigenvalue weighted by atomic mass is 9.97. The summed E-state index contributed by atoms with van der Waals surface area (Å²) in [5.74, 6) is 0.0852. The molecule has 4 aliphatic heterocycles. The minimum atomic E-state index is 0.0747. The lowest BCUT2D eigenvalue weighted by Gasteiger charge is -2.44. The van der Waals surface area contributed by atoms with Gasteiger partial charge in [0.15, 0.2) is 0 Å². The van der Waals surface area contributed by atoms with Gasteiger partial charge in [-0.3, -0.25) is 14.6 Å². The van der Waals surface area contributed by atoms with Gasteiger partial charge in [-0.25, -0.2) is 4.98 Å². The van der Waals surface area contributed by atoms with Crippen LogP contribution in [0.2, 0.25) is 5.02 Å². The van der Waals surface area contributed by atoms with Crippen LogP contribution in [0.15, 0.2) is 54.7 Å². The van der Waals surface area contributed by atoms with E-state index in [1.807, 2.05) is 29.3 Å². The van der Waals surface area contributed by atoms with Gasteiger partial charge >= 0.3 is 6.01 Å². The number of rotatable bonds is 8. The zero-order valence-corrected chi connectivity index (χ0v) is 27.4. The first-order valence-corrected chi connectivity index (χ1v) is 17.0. The van der Waals surface area contributed by atoms with Crippen LogP contribution in [0.25, 0.3) is 10.8 Å². The van der Waals surface area contributed by atoms with Gasteiger partial charge in [0.2, 0.25) is 5.91 Å². The number of amides is 1. The summed E-state index contributed by atoms with van der Waals surface area (Å²) in [5.41, 5.74) is 3.22. The van der Waals surface area contributed by atoms with Gasteiger partial charge < -0.3 is 24.2 Å². The molecule has 0 N–H and O–H groups in total. The van der Waals surface area contributed by atoms with Gasteiger partial charge in [0.05, 0.1) is 36.5 Å². The molecule has 11 heteroatoms. The van der Waals surface area contributed by atoms with Crippen LogP contribution >= 0.6 is 11.6 Å². The predicted octanol–water partition coefficient (Wildman–Crippen LogP) is 3.85. The van der Waals surface area contributed by atoms with E-state index in [1.165, 1.54) is 6.42 Å². The Kier molecular flexibility index (Phi) is 9.69. The number of likely N-dealkylation sites (tertiary alicyclic amines) is 1. The summed E-state index contributed by atoms with van der Waals surface area (Å²) in [5, 5.41) is 2.92. The van der Waals surface area contributed by atoms with Crippen LogP contribution in [0.3, 0.4) is 0 Å². The molecular weight excluding hydrogens is 602 g/mol. The predicted molar refractivity (Wildman–Crippen MR) is 180 cm³/mol. The summed E-state index contributed by atoms with van der Waals surface area (Å²) in [6.45, 7) is 10.2. The average Bonchev–Trinajstić information content (AvgIpc) is 3.51. The van der Waals surface area contributed by atoms with Gasteiger partial charge in [0, 0.05) is 87.3 Å². The molecule has 10 nitrogen and oxygen atoms in total. The number of carbonyl (C=O) groups excluding carboxylic acids is 1. The van der Waals surface area contributed by atoms with Crippen molar-refractivity contribution in [2.75, 3.05) is 90.7 Å². The number of benzene rings is 2. The highest BCUT2D eigenvalue weighted by atomic mass is 35.5. The van der Waals surface area contributed by atoms with E-state index in [1.54, 1.807) is 6.08 Å². The van der Waals surface area contributed by atoms with E-state index >= 15 is 0 Å². The molecule has 1 unspecified atom stereocenters. The largest absolute Gasteiger partial charge is 0.462 e. The second kappa shape index (κ2) is 14.2. The molecular formula is C35H44ClN7O3. The lowest BCUT2D eigenvalue weighted by molar-refractivity contribution is -0.128. The van der Waals surface area contributed by atoms with Crippen LogP contribution in [0.4, 0.5) is 5.69 Å². The minimum Gasteiger partial charge on any atom is -0.462 e. The van der Waals surface area contributed by atoms with Crippen molar-refractivity contribution in [2.45, 2.75) is 31.5 Å². The summed E-state index contributed by atoms with van der Waals surface area (Å²) in [4.78, 5) is 34.3. The van der Waals surface area contributed by atoms with E-state index in [4.69, 9.17) is 31.0 Å². The molecule has 2 aromatic carbocycles. The monoisotopic (exact) mass is 645 g/mol. The molecule has 2 atom stereocenters. The van der Waals surface area contributed by atoms with Gasteiger partial charge in [-0.15, -0.1) is 0 Å². The van der Waals surface area contributed by atoms with Crippen molar-refractivity contribution in [2.24, 2.45) is 0 Å². The van der Waals surface area contributed by atoms with E-state index in [2.05, 4.69) is 50.9 Å². The van der Waals surface area contributed by atoms with Crippen molar-refractivity contribution >= 4 is 34.0 Å². The maximum absolute atomic E-state index is 13.0. The van der Waals surface area contributed by atoms with Gasteiger partial charge in [-0.2, -0.15) is 4.98 Å². The number of anilines is 1. The standard InChI is InChI=1S/C35H44ClN7O3/c1-39-12-4-8-27(39)25-46-35-37-22-28-30(38-35)23-43(31-10-3-7-26-6-2-9-29(36)34(26)31)24-32(28)41-14-16-42(17-15-41)33(44)11-5-13-40-18-20-45-21-19-40/h2-3,5-7,9-11,22,27,32H,4,8,12-21,23-25H2,1H3/b11-5+/t27-,32?/m0/s1. The van der Waals surface area contributed by atoms with E-state index in [9.17, 15) is 4.79 Å². The molecule has 3 saturated heterocycles. The second-order valence-electron chi connectivity index (χ2n) is 12.8. The first-order valence-electron chi connectivity index (χ1n) is 16.6. The molecule has 0 bridgehead atoms. The van der Waals surface area contributed by atoms with Crippen LogP contribution in [-0.2, 0) is 16.1 Å². The molecule has 0 saturated carbocycles. The maximum Gasteiger partial charge on any atom is 0.316 e. The van der Waals surface area contributed by atoms with Crippen LogP contribution in [0.5, 0.6) is 6.01 Å². The van der Waals surface area contributed by atoms with Crippen molar-refractivity contribution in [3.63, 3.8) is 0 Å². The van der Waals surface area contributed by atoms with Crippen LogP contribution in [0, 0.1) is 0 Å². The van der Waals surface area contributed by atoms with E-state index in [0.29, 0.717) is 38.3 Å². The van der Waals surface area contributed by atoms with Gasteiger partial charge in [0.1, 0.15) is 6.61 Å². The van der Waals surface area contributed by atoms with E-state index < -0.39 is 0 Å². The highest BCUT2D eigenvalue weighted by Gasteiger charge is 2.35. The average molecular weight is 646 g/mol. The number of halogens is 1. The molecule has 0 spiro atoms. The molecule has 46 heavy (non-hydrogen) atoms. The fraction of sp³-hybridized carbons (Fsp3) is 0.514. The smallest absolute Gasteiger partial charge is 0.316 e. The number of morpholine rings is 1. The van der Waals surface area contributed by atoms with Crippen molar-refractivity contribution < 1.29 is 14.3 Å². The first kappa shape index (κ1) is 31.3. The maximum atomic E-state index is 13.0. The molecule has 1 amide bonds. The molecule has 0 aliphatic carbocycles. The van der Waals surface area contributed by atoms with Gasteiger partial charge in [-0.1, -0.05) is 41.9 Å². The van der Waals surface area contributed by atoms with Gasteiger partial charge in [-0.05, 0) is 44.0 Å². The number of hydrogen-bond acceptors (Lipinski definition) is 9. The fourth-order valence-electron chi connectivity index (χ4n) is 7.28. The van der Waals surface area contributed by atoms with Gasteiger partial charge in [0.25, 0.3) is 0 Å². The number of nitrogens with zero attached hydrogens (tertiary/aromatic N) is 7. The number of likely N-dealkylation sites (N-methyl/N-ethyl adjacent to an activating group) is 1. The molecule has 7 rings (SSSR count). The topological polar surface area (TPSA) is 77.5 Å². The Bertz CT molecular complexity index is 1550. The SMILES string of the molecule is CN1CCC[C@H]1COc1ncc2c(n1)CN(c1cccc3cccc(Cl)c13)CC2N1CCN(C(=O)/C=C/CN2CCOCC2)CC1. The molecule has 3 fully saturated rings. The van der Waals surface area contributed by atoms with Crippen LogP contribution < -0.4 is 9.64 Å². The summed E-state index contributed by atoms with van der Waals surface area (Å²) >= 11 is 6.80. The Hall–Kier alpha value is -3.28. The molecule has 4 aliphatic rings. The Morgan fingerprint density at radius 1 is 1.07 bits per heavy atom. The number of aromatic nitrogens is 2. The fourth-order valence-corrected chi connectivity index (χ4v) is 7.56. The highest BCUT2D eigenvalue weighted by Crippen LogP contribution is 2.39. The molecule has 3 aromatic rings. The number of carbonyl (C=O) groups is 1. The number of piperazine rings is 1. The van der Waals surface area contributed by atoms with E-state index in [-0.39, 0.29) is 11.9 Å². The zero-order chi connectivity index (χ0) is 31.5. The summed E-state index contributed by atoms with van der Waals surface area (Å²) in [7, 11) is 2.15. The number of ether oxygens (including phenoxy) is 2. The van der Waals surface area contributed by atoms with Crippen LogP contribution in [0.1, 0.15) is 30.1 Å². The third-order valence-corrected chi connectivity index (χ3v) is 10.3. The summed E-state index contributed by atoms with van der Waals surface area (Å²) in [6.07, 6.45) is 8.04. The summed E-state index contributed by atoms with van der Waals surface area (Å²) in [6, 6.07) is 13.4. The Labute approximate surface area is 276 Å². The van der Waals surface area contributed by atoms with Crippen LogP contribution in [-0.4, -0.2) is 127 Å². The number of hydrogen-bond donors (Lipinski definition) is 0. The van der Waals surface area contributed by atoms with Crippen molar-refractivity contribution in [1.82, 2.24) is 29.6 Å². The Balaban J connectivity index is 1.09. The quantitative estimate of drug-likeness (QED) is 0.340. The second-order valence-corrected chi connectivity index (χ2v) is 13.2. The minimum absolute atomic E-state index is 0.0747. The Morgan fingerprint density at radius 2 is 1.87 bits per heavy atom. The number of fused-ring (bicyclic) bond motifs is 2. The van der Waals surface area contributed by atoms with Crippen molar-refractivity contribution in [1.29, 1.82) is 0 Å². The van der Waals surface area contributed by atoms with E-state index in [0.717, 1.165) is 98.2 Å². The highest BCUT2D eigenvalue weighted by molar-refractivity contribution is 6.36. The molecule has 1 aromatic heterocycles. The van der Waals surface area contributed by atoms with Crippen molar-refractivity contribution in [3.8, 4) is 6.01 Å². The third-order valence-electron chi connectivity index (χ3n) is 10.0. The summed E-state index contributed by atoms with van der Waals surface area (Å²) < 4.78 is 11.6. The Morgan fingerprint density at radius 3 is 2.65 bits per heavy atom. The normalized spacial score (nSPS) is 23.3. The van der Waals surface area contributed by atoms with Crippen molar-refractivity contribution in [3.05, 3.63) is 71.0 Å². The first-order chi connectivity index (χ1) is 22.5.